The molecule has 0 bridgehead atoms. The monoisotopic (exact) mass is 299 g/mol. The second-order valence-corrected chi connectivity index (χ2v) is 6.27. The maximum absolute atomic E-state index is 11.6. The molecule has 1 atom stereocenters. The van der Waals surface area contributed by atoms with Gasteiger partial charge < -0.3 is 9.67 Å². The zero-order valence-corrected chi connectivity index (χ0v) is 13.0. The Morgan fingerprint density at radius 3 is 2.55 bits per heavy atom. The summed E-state index contributed by atoms with van der Waals surface area (Å²) in [4.78, 5) is 23.1. The highest BCUT2D eigenvalue weighted by molar-refractivity contribution is 6.05. The summed E-state index contributed by atoms with van der Waals surface area (Å²) in [6.07, 6.45) is 3.10. The van der Waals surface area contributed by atoms with E-state index < -0.39 is 5.97 Å². The fraction of sp³-hybridized carbons (Fsp3) is 0.444. The highest BCUT2D eigenvalue weighted by Gasteiger charge is 2.28. The van der Waals surface area contributed by atoms with Crippen LogP contribution in [0, 0.1) is 12.8 Å². The van der Waals surface area contributed by atoms with Crippen LogP contribution in [0.2, 0.25) is 0 Å². The standard InChI is InChI=1S/C18H21NO3/c1-11(13-7-9-14(20)10-8-13)19-12(2)17(18(21)22)15-5-3-4-6-16(15)19/h3-6,11,13H,7-10H2,1-2H3,(H,21,22). The van der Waals surface area contributed by atoms with E-state index in [9.17, 15) is 14.7 Å². The molecule has 22 heavy (non-hydrogen) atoms. The van der Waals surface area contributed by atoms with Crippen LogP contribution in [0.3, 0.4) is 0 Å². The van der Waals surface area contributed by atoms with Gasteiger partial charge in [-0.3, -0.25) is 4.79 Å². The van der Waals surface area contributed by atoms with E-state index in [4.69, 9.17) is 0 Å². The second kappa shape index (κ2) is 5.59. The molecule has 0 spiro atoms. The first-order valence-electron chi connectivity index (χ1n) is 7.85. The van der Waals surface area contributed by atoms with Crippen molar-refractivity contribution in [2.75, 3.05) is 0 Å². The van der Waals surface area contributed by atoms with Gasteiger partial charge in [-0.2, -0.15) is 0 Å². The first-order valence-corrected chi connectivity index (χ1v) is 7.85. The van der Waals surface area contributed by atoms with Gasteiger partial charge in [0.1, 0.15) is 5.78 Å². The number of hydrogen-bond donors (Lipinski definition) is 1. The van der Waals surface area contributed by atoms with Gasteiger partial charge in [-0.15, -0.1) is 0 Å². The van der Waals surface area contributed by atoms with Gasteiger partial charge in [0.15, 0.2) is 0 Å². The summed E-state index contributed by atoms with van der Waals surface area (Å²) in [5.74, 6) is -0.101. The molecule has 0 amide bonds. The van der Waals surface area contributed by atoms with Crippen LogP contribution in [0.1, 0.15) is 54.7 Å². The number of fused-ring (bicyclic) bond motifs is 1. The predicted molar refractivity (Wildman–Crippen MR) is 85.3 cm³/mol. The van der Waals surface area contributed by atoms with Crippen LogP contribution in [0.25, 0.3) is 10.9 Å². The molecule has 0 radical (unpaired) electrons. The molecule has 1 saturated carbocycles. The van der Waals surface area contributed by atoms with Gasteiger partial charge in [-0.25, -0.2) is 4.79 Å². The molecule has 1 heterocycles. The lowest BCUT2D eigenvalue weighted by Crippen LogP contribution is -2.23. The van der Waals surface area contributed by atoms with Crippen molar-refractivity contribution in [2.45, 2.75) is 45.6 Å². The molecule has 1 aliphatic rings. The summed E-state index contributed by atoms with van der Waals surface area (Å²) < 4.78 is 2.15. The van der Waals surface area contributed by atoms with E-state index in [1.54, 1.807) is 0 Å². The summed E-state index contributed by atoms with van der Waals surface area (Å²) in [7, 11) is 0. The maximum atomic E-state index is 11.6. The van der Waals surface area contributed by atoms with E-state index in [2.05, 4.69) is 11.5 Å². The molecule has 1 aromatic heterocycles. The van der Waals surface area contributed by atoms with E-state index in [1.807, 2.05) is 31.2 Å². The summed E-state index contributed by atoms with van der Waals surface area (Å²) in [6.45, 7) is 4.03. The highest BCUT2D eigenvalue weighted by Crippen LogP contribution is 2.36. The predicted octanol–water partition coefficient (Wildman–Crippen LogP) is 3.97. The van der Waals surface area contributed by atoms with Crippen LogP contribution in [0.15, 0.2) is 24.3 Å². The lowest BCUT2D eigenvalue weighted by molar-refractivity contribution is -0.121. The molecule has 0 saturated heterocycles. The number of rotatable bonds is 3. The Morgan fingerprint density at radius 2 is 1.91 bits per heavy atom. The van der Waals surface area contributed by atoms with Gasteiger partial charge >= 0.3 is 5.97 Å². The SMILES string of the molecule is Cc1c(C(=O)O)c2ccccc2n1C(C)C1CCC(=O)CC1. The van der Waals surface area contributed by atoms with E-state index in [-0.39, 0.29) is 6.04 Å². The van der Waals surface area contributed by atoms with Gasteiger partial charge in [0.05, 0.1) is 5.56 Å². The molecule has 1 unspecified atom stereocenters. The number of carbonyl (C=O) groups is 2. The minimum absolute atomic E-state index is 0.200. The van der Waals surface area contributed by atoms with Crippen LogP contribution in [0.4, 0.5) is 0 Å². The Kier molecular flexibility index (Phi) is 3.77. The first kappa shape index (κ1) is 14.8. The van der Waals surface area contributed by atoms with Gasteiger partial charge in [0.2, 0.25) is 0 Å². The number of nitrogens with zero attached hydrogens (tertiary/aromatic N) is 1. The summed E-state index contributed by atoms with van der Waals surface area (Å²) in [6, 6.07) is 7.88. The van der Waals surface area contributed by atoms with Gasteiger partial charge in [0, 0.05) is 35.5 Å². The third-order valence-electron chi connectivity index (χ3n) is 5.05. The summed E-state index contributed by atoms with van der Waals surface area (Å²) >= 11 is 0. The molecular weight excluding hydrogens is 278 g/mol. The van der Waals surface area contributed by atoms with Crippen molar-refractivity contribution >= 4 is 22.7 Å². The number of ketones is 1. The van der Waals surface area contributed by atoms with Crippen molar-refractivity contribution < 1.29 is 14.7 Å². The van der Waals surface area contributed by atoms with Gasteiger partial charge in [-0.05, 0) is 38.7 Å². The minimum Gasteiger partial charge on any atom is -0.478 e. The number of carbonyl (C=O) groups excluding carboxylic acids is 1. The van der Waals surface area contributed by atoms with E-state index in [1.165, 1.54) is 0 Å². The maximum Gasteiger partial charge on any atom is 0.338 e. The van der Waals surface area contributed by atoms with Crippen molar-refractivity contribution in [3.63, 3.8) is 0 Å². The molecule has 116 valence electrons. The Balaban J connectivity index is 2.08. The Labute approximate surface area is 129 Å². The molecule has 1 aliphatic carbocycles. The number of para-hydroxylation sites is 1. The number of aromatic carboxylic acids is 1. The van der Waals surface area contributed by atoms with Crippen molar-refractivity contribution in [2.24, 2.45) is 5.92 Å². The second-order valence-electron chi connectivity index (χ2n) is 6.27. The average molecular weight is 299 g/mol. The zero-order chi connectivity index (χ0) is 15.9. The first-order chi connectivity index (χ1) is 10.5. The van der Waals surface area contributed by atoms with Crippen molar-refractivity contribution in [1.29, 1.82) is 0 Å². The lowest BCUT2D eigenvalue weighted by Gasteiger charge is -2.30. The zero-order valence-electron chi connectivity index (χ0n) is 13.0. The molecular formula is C18H21NO3. The summed E-state index contributed by atoms with van der Waals surface area (Å²) in [5.41, 5.74) is 2.18. The summed E-state index contributed by atoms with van der Waals surface area (Å²) in [5, 5.41) is 10.3. The smallest absolute Gasteiger partial charge is 0.338 e. The number of aromatic nitrogens is 1. The molecule has 1 aromatic carbocycles. The third-order valence-corrected chi connectivity index (χ3v) is 5.05. The van der Waals surface area contributed by atoms with Crippen LogP contribution >= 0.6 is 0 Å². The Hall–Kier alpha value is -2.10. The quantitative estimate of drug-likeness (QED) is 0.933. The van der Waals surface area contributed by atoms with Gasteiger partial charge in [-0.1, -0.05) is 18.2 Å². The normalized spacial score (nSPS) is 17.8. The number of hydrogen-bond acceptors (Lipinski definition) is 2. The number of Topliss-reactive ketones (excluding diaryl/α,β-unsaturated/α-hetero) is 1. The van der Waals surface area contributed by atoms with Crippen LogP contribution in [-0.2, 0) is 4.79 Å². The Bertz CT molecular complexity index is 734. The Morgan fingerprint density at radius 1 is 1.27 bits per heavy atom. The molecule has 1 fully saturated rings. The number of carboxylic acids is 1. The molecule has 2 aromatic rings. The molecule has 4 heteroatoms. The topological polar surface area (TPSA) is 59.3 Å². The van der Waals surface area contributed by atoms with Crippen molar-refractivity contribution in [1.82, 2.24) is 4.57 Å². The number of carboxylic acid groups (broad SMARTS) is 1. The molecule has 3 rings (SSSR count). The van der Waals surface area contributed by atoms with Crippen LogP contribution < -0.4 is 0 Å². The fourth-order valence-electron chi connectivity index (χ4n) is 3.84. The fourth-order valence-corrected chi connectivity index (χ4v) is 3.84. The van der Waals surface area contributed by atoms with Crippen molar-refractivity contribution in [3.8, 4) is 0 Å². The molecule has 0 aliphatic heterocycles. The van der Waals surface area contributed by atoms with E-state index in [0.717, 1.165) is 29.4 Å². The lowest BCUT2D eigenvalue weighted by atomic mass is 9.83. The van der Waals surface area contributed by atoms with E-state index in [0.29, 0.717) is 30.1 Å². The molecule has 1 N–H and O–H groups in total. The van der Waals surface area contributed by atoms with E-state index >= 15 is 0 Å². The third kappa shape index (κ3) is 2.32. The average Bonchev–Trinajstić information content (AvgIpc) is 2.79. The largest absolute Gasteiger partial charge is 0.478 e. The van der Waals surface area contributed by atoms with Gasteiger partial charge in [0.25, 0.3) is 0 Å². The van der Waals surface area contributed by atoms with Crippen LogP contribution in [0.5, 0.6) is 0 Å². The van der Waals surface area contributed by atoms with Crippen LogP contribution in [-0.4, -0.2) is 21.4 Å². The van der Waals surface area contributed by atoms with Crippen molar-refractivity contribution in [3.05, 3.63) is 35.5 Å². The minimum atomic E-state index is -0.876. The highest BCUT2D eigenvalue weighted by atomic mass is 16.4. The number of benzene rings is 1. The molecule has 4 nitrogen and oxygen atoms in total.